The summed E-state index contributed by atoms with van der Waals surface area (Å²) in [5.74, 6) is 0.118. The van der Waals surface area contributed by atoms with Crippen molar-refractivity contribution in [2.45, 2.75) is 0 Å². The van der Waals surface area contributed by atoms with Crippen LogP contribution in [0.3, 0.4) is 0 Å². The summed E-state index contributed by atoms with van der Waals surface area (Å²) in [5, 5.41) is 5.75. The summed E-state index contributed by atoms with van der Waals surface area (Å²) >= 11 is 1.35. The van der Waals surface area contributed by atoms with Gasteiger partial charge in [0.2, 0.25) is 5.88 Å². The first kappa shape index (κ1) is 12.5. The van der Waals surface area contributed by atoms with Crippen molar-refractivity contribution in [3.05, 3.63) is 42.2 Å². The Morgan fingerprint density at radius 2 is 2.15 bits per heavy atom. The number of hydrogen-bond donors (Lipinski definition) is 1. The Morgan fingerprint density at radius 1 is 1.25 bits per heavy atom. The van der Waals surface area contributed by atoms with Gasteiger partial charge in [-0.05, 0) is 12.1 Å². The number of nitrogens with zero attached hydrogens (tertiary/aromatic N) is 3. The molecule has 2 heterocycles. The Morgan fingerprint density at radius 3 is 3.00 bits per heavy atom. The molecule has 0 saturated carbocycles. The van der Waals surface area contributed by atoms with E-state index in [0.29, 0.717) is 11.0 Å². The van der Waals surface area contributed by atoms with Gasteiger partial charge in [-0.15, -0.1) is 11.3 Å². The van der Waals surface area contributed by atoms with Gasteiger partial charge in [-0.3, -0.25) is 10.1 Å². The number of ether oxygens (including phenoxy) is 1. The van der Waals surface area contributed by atoms with Crippen LogP contribution >= 0.6 is 11.3 Å². The van der Waals surface area contributed by atoms with Crippen molar-refractivity contribution in [3.63, 3.8) is 0 Å². The summed E-state index contributed by atoms with van der Waals surface area (Å²) < 4.78 is 5.44. The van der Waals surface area contributed by atoms with E-state index in [2.05, 4.69) is 20.3 Å². The van der Waals surface area contributed by atoms with Crippen molar-refractivity contribution in [2.75, 3.05) is 11.9 Å². The van der Waals surface area contributed by atoms with Gasteiger partial charge in [-0.25, -0.2) is 15.0 Å². The van der Waals surface area contributed by atoms with Gasteiger partial charge >= 0.3 is 0 Å². The smallest absolute Gasteiger partial charge is 0.264 e. The van der Waals surface area contributed by atoms with Gasteiger partial charge in [0.1, 0.15) is 6.33 Å². The van der Waals surface area contributed by atoms with Gasteiger partial charge in [-0.2, -0.15) is 0 Å². The van der Waals surface area contributed by atoms with Crippen molar-refractivity contribution in [1.29, 1.82) is 0 Å². The standard InChI is InChI=1S/C13H10N4O2S/c18-11(17-13-14-5-6-20-13)7-19-12-9-3-1-2-4-10(9)15-8-16-12/h1-6,8H,7H2,(H,14,17,18). The molecule has 0 atom stereocenters. The average Bonchev–Trinajstić information content (AvgIpc) is 2.98. The molecule has 0 aliphatic heterocycles. The highest BCUT2D eigenvalue weighted by atomic mass is 32.1. The third kappa shape index (κ3) is 2.72. The van der Waals surface area contributed by atoms with Crippen LogP contribution in [0.1, 0.15) is 0 Å². The molecule has 0 bridgehead atoms. The molecule has 0 aliphatic rings. The molecular formula is C13H10N4O2S. The molecule has 0 spiro atoms. The van der Waals surface area contributed by atoms with E-state index in [1.807, 2.05) is 24.3 Å². The molecule has 0 aliphatic carbocycles. The van der Waals surface area contributed by atoms with Gasteiger partial charge in [0.15, 0.2) is 11.7 Å². The summed E-state index contributed by atoms with van der Waals surface area (Å²) in [7, 11) is 0. The van der Waals surface area contributed by atoms with E-state index in [9.17, 15) is 4.79 Å². The maximum atomic E-state index is 11.7. The van der Waals surface area contributed by atoms with E-state index in [0.717, 1.165) is 10.9 Å². The van der Waals surface area contributed by atoms with Crippen LogP contribution in [0.2, 0.25) is 0 Å². The second-order valence-electron chi connectivity index (χ2n) is 3.87. The lowest BCUT2D eigenvalue weighted by molar-refractivity contribution is -0.118. The number of anilines is 1. The quantitative estimate of drug-likeness (QED) is 0.794. The van der Waals surface area contributed by atoms with Gasteiger partial charge in [0.25, 0.3) is 5.91 Å². The highest BCUT2D eigenvalue weighted by Gasteiger charge is 2.08. The summed E-state index contributed by atoms with van der Waals surface area (Å²) in [6, 6.07) is 7.46. The van der Waals surface area contributed by atoms with Gasteiger partial charge in [0.05, 0.1) is 10.9 Å². The fraction of sp³-hybridized carbons (Fsp3) is 0.0769. The maximum absolute atomic E-state index is 11.7. The lowest BCUT2D eigenvalue weighted by atomic mass is 10.2. The molecule has 1 N–H and O–H groups in total. The molecule has 1 aromatic carbocycles. The van der Waals surface area contributed by atoms with Crippen LogP contribution in [0.5, 0.6) is 5.88 Å². The van der Waals surface area contributed by atoms with Crippen LogP contribution in [0.4, 0.5) is 5.13 Å². The number of hydrogen-bond acceptors (Lipinski definition) is 6. The van der Waals surface area contributed by atoms with Crippen molar-refractivity contribution < 1.29 is 9.53 Å². The lowest BCUT2D eigenvalue weighted by Crippen LogP contribution is -2.20. The Hall–Kier alpha value is -2.54. The summed E-state index contributed by atoms with van der Waals surface area (Å²) in [6.45, 7) is -0.124. The van der Waals surface area contributed by atoms with Crippen LogP contribution in [-0.4, -0.2) is 27.5 Å². The number of rotatable bonds is 4. The Bertz CT molecular complexity index is 725. The van der Waals surface area contributed by atoms with E-state index in [1.165, 1.54) is 17.7 Å². The fourth-order valence-corrected chi connectivity index (χ4v) is 2.21. The minimum atomic E-state index is -0.275. The molecule has 2 aromatic heterocycles. The van der Waals surface area contributed by atoms with E-state index in [-0.39, 0.29) is 12.5 Å². The van der Waals surface area contributed by atoms with Crippen LogP contribution in [-0.2, 0) is 4.79 Å². The molecule has 6 nitrogen and oxygen atoms in total. The predicted octanol–water partition coefficient (Wildman–Crippen LogP) is 2.10. The van der Waals surface area contributed by atoms with Crippen molar-refractivity contribution in [2.24, 2.45) is 0 Å². The number of amides is 1. The number of carbonyl (C=O) groups is 1. The van der Waals surface area contributed by atoms with Crippen LogP contribution in [0, 0.1) is 0 Å². The summed E-state index contributed by atoms with van der Waals surface area (Å²) in [6.07, 6.45) is 3.04. The number of nitrogens with one attached hydrogen (secondary N) is 1. The molecule has 20 heavy (non-hydrogen) atoms. The molecule has 0 radical (unpaired) electrons. The molecule has 0 fully saturated rings. The molecule has 100 valence electrons. The minimum Gasteiger partial charge on any atom is -0.467 e. The predicted molar refractivity (Wildman–Crippen MR) is 75.8 cm³/mol. The number of thiazole rings is 1. The topological polar surface area (TPSA) is 77.0 Å². The zero-order chi connectivity index (χ0) is 13.8. The second-order valence-corrected chi connectivity index (χ2v) is 4.76. The Balaban J connectivity index is 1.69. The van der Waals surface area contributed by atoms with Crippen molar-refractivity contribution in [3.8, 4) is 5.88 Å². The Labute approximate surface area is 118 Å². The second kappa shape index (κ2) is 5.62. The maximum Gasteiger partial charge on any atom is 0.264 e. The molecule has 3 rings (SSSR count). The normalized spacial score (nSPS) is 10.4. The fourth-order valence-electron chi connectivity index (χ4n) is 1.67. The first-order chi connectivity index (χ1) is 9.83. The zero-order valence-electron chi connectivity index (χ0n) is 10.3. The highest BCUT2D eigenvalue weighted by Crippen LogP contribution is 2.20. The molecule has 0 unspecified atom stereocenters. The van der Waals surface area contributed by atoms with E-state index in [4.69, 9.17) is 4.74 Å². The van der Waals surface area contributed by atoms with E-state index >= 15 is 0 Å². The third-order valence-corrected chi connectivity index (χ3v) is 3.21. The van der Waals surface area contributed by atoms with Crippen LogP contribution in [0.15, 0.2) is 42.2 Å². The Kier molecular flexibility index (Phi) is 3.51. The lowest BCUT2D eigenvalue weighted by Gasteiger charge is -2.07. The largest absolute Gasteiger partial charge is 0.467 e. The SMILES string of the molecule is O=C(COc1ncnc2ccccc12)Nc1nccs1. The molecular weight excluding hydrogens is 276 g/mol. The molecule has 7 heteroatoms. The molecule has 0 saturated heterocycles. The first-order valence-corrected chi connectivity index (χ1v) is 6.73. The van der Waals surface area contributed by atoms with Crippen molar-refractivity contribution in [1.82, 2.24) is 15.0 Å². The highest BCUT2D eigenvalue weighted by molar-refractivity contribution is 7.13. The summed E-state index contributed by atoms with van der Waals surface area (Å²) in [4.78, 5) is 23.9. The van der Waals surface area contributed by atoms with Gasteiger partial charge in [0, 0.05) is 11.6 Å². The molecule has 1 amide bonds. The van der Waals surface area contributed by atoms with Crippen LogP contribution in [0.25, 0.3) is 10.9 Å². The van der Waals surface area contributed by atoms with E-state index in [1.54, 1.807) is 11.6 Å². The van der Waals surface area contributed by atoms with Crippen LogP contribution < -0.4 is 10.1 Å². The third-order valence-electron chi connectivity index (χ3n) is 2.52. The summed E-state index contributed by atoms with van der Waals surface area (Å²) in [5.41, 5.74) is 0.776. The minimum absolute atomic E-state index is 0.124. The number of benzene rings is 1. The van der Waals surface area contributed by atoms with Gasteiger partial charge < -0.3 is 4.74 Å². The number of para-hydroxylation sites is 1. The van der Waals surface area contributed by atoms with Crippen molar-refractivity contribution >= 4 is 33.3 Å². The zero-order valence-corrected chi connectivity index (χ0v) is 11.1. The van der Waals surface area contributed by atoms with E-state index < -0.39 is 0 Å². The monoisotopic (exact) mass is 286 g/mol. The number of fused-ring (bicyclic) bond motifs is 1. The first-order valence-electron chi connectivity index (χ1n) is 5.85. The average molecular weight is 286 g/mol. The van der Waals surface area contributed by atoms with Gasteiger partial charge in [-0.1, -0.05) is 12.1 Å². The number of carbonyl (C=O) groups excluding carboxylic acids is 1. The molecule has 3 aromatic rings. The number of aromatic nitrogens is 3.